The highest BCUT2D eigenvalue weighted by Crippen LogP contribution is 2.26. The van der Waals surface area contributed by atoms with E-state index in [1.165, 1.54) is 5.56 Å². The van der Waals surface area contributed by atoms with E-state index in [-0.39, 0.29) is 25.0 Å². The summed E-state index contributed by atoms with van der Waals surface area (Å²) in [6, 6.07) is 22.6. The zero-order chi connectivity index (χ0) is 24.5. The van der Waals surface area contributed by atoms with Crippen LogP contribution in [0.15, 0.2) is 81.7 Å². The van der Waals surface area contributed by atoms with Crippen molar-refractivity contribution in [2.45, 2.75) is 32.4 Å². The number of aryl methyl sites for hydroxylation is 1. The summed E-state index contributed by atoms with van der Waals surface area (Å²) < 4.78 is 7.58. The molecule has 1 atom stereocenters. The third-order valence-corrected chi connectivity index (χ3v) is 6.63. The molecule has 2 amide bonds. The zero-order valence-electron chi connectivity index (χ0n) is 19.3. The van der Waals surface area contributed by atoms with E-state index in [0.29, 0.717) is 12.2 Å². The largest absolute Gasteiger partial charge is 0.483 e. The second kappa shape index (κ2) is 12.7. The zero-order valence-corrected chi connectivity index (χ0v) is 22.4. The minimum absolute atomic E-state index is 0.180. The molecular weight excluding hydrogens is 560 g/mol. The minimum atomic E-state index is -0.687. The second-order valence-corrected chi connectivity index (χ2v) is 9.65. The molecule has 0 saturated heterocycles. The van der Waals surface area contributed by atoms with E-state index in [1.54, 1.807) is 11.9 Å². The molecule has 0 fully saturated rings. The maximum atomic E-state index is 13.5. The molecular formula is C27H28Br2N2O3. The molecule has 0 aromatic heterocycles. The number of nitrogens with zero attached hydrogens (tertiary/aromatic N) is 1. The molecule has 0 bridgehead atoms. The van der Waals surface area contributed by atoms with Gasteiger partial charge in [-0.3, -0.25) is 9.59 Å². The van der Waals surface area contributed by atoms with Crippen LogP contribution in [0.2, 0.25) is 0 Å². The van der Waals surface area contributed by atoms with E-state index >= 15 is 0 Å². The van der Waals surface area contributed by atoms with E-state index in [9.17, 15) is 9.59 Å². The van der Waals surface area contributed by atoms with Gasteiger partial charge in [0.2, 0.25) is 5.91 Å². The summed E-state index contributed by atoms with van der Waals surface area (Å²) >= 11 is 7.02. The summed E-state index contributed by atoms with van der Waals surface area (Å²) in [7, 11) is 1.59. The summed E-state index contributed by atoms with van der Waals surface area (Å²) in [6.45, 7) is 2.18. The Labute approximate surface area is 217 Å². The van der Waals surface area contributed by atoms with E-state index < -0.39 is 6.04 Å². The van der Waals surface area contributed by atoms with Gasteiger partial charge < -0.3 is 15.0 Å². The van der Waals surface area contributed by atoms with Crippen molar-refractivity contribution in [2.24, 2.45) is 0 Å². The van der Waals surface area contributed by atoms with Crippen molar-refractivity contribution in [2.75, 3.05) is 13.7 Å². The number of likely N-dealkylation sites (N-methyl/N-ethyl adjacent to an activating group) is 1. The first-order valence-electron chi connectivity index (χ1n) is 11.1. The average molecular weight is 588 g/mol. The van der Waals surface area contributed by atoms with Crippen LogP contribution in [0.1, 0.15) is 23.6 Å². The van der Waals surface area contributed by atoms with E-state index in [2.05, 4.69) is 44.1 Å². The molecule has 5 nitrogen and oxygen atoms in total. The highest BCUT2D eigenvalue weighted by atomic mass is 79.9. The lowest BCUT2D eigenvalue weighted by molar-refractivity contribution is -0.142. The molecule has 3 aromatic rings. The van der Waals surface area contributed by atoms with Crippen LogP contribution in [0.5, 0.6) is 5.75 Å². The van der Waals surface area contributed by atoms with E-state index in [0.717, 1.165) is 26.5 Å². The second-order valence-electron chi connectivity index (χ2n) is 7.88. The first-order valence-corrected chi connectivity index (χ1v) is 12.7. The third kappa shape index (κ3) is 7.18. The first kappa shape index (κ1) is 26.0. The fourth-order valence-electron chi connectivity index (χ4n) is 3.66. The molecule has 0 aliphatic carbocycles. The van der Waals surface area contributed by atoms with Gasteiger partial charge in [0.25, 0.3) is 5.91 Å². The maximum Gasteiger partial charge on any atom is 0.261 e. The van der Waals surface area contributed by atoms with Crippen molar-refractivity contribution in [3.8, 4) is 5.75 Å². The van der Waals surface area contributed by atoms with Crippen molar-refractivity contribution in [3.63, 3.8) is 0 Å². The van der Waals surface area contributed by atoms with Crippen LogP contribution in [0, 0.1) is 0 Å². The Hall–Kier alpha value is -2.64. The van der Waals surface area contributed by atoms with Crippen LogP contribution in [0.3, 0.4) is 0 Å². The highest BCUT2D eigenvalue weighted by molar-refractivity contribution is 9.10. The predicted octanol–water partition coefficient (Wildman–Crippen LogP) is 5.54. The van der Waals surface area contributed by atoms with Crippen molar-refractivity contribution in [1.82, 2.24) is 10.2 Å². The Bertz CT molecular complexity index is 1120. The number of ether oxygens (including phenoxy) is 1. The number of amides is 2. The summed E-state index contributed by atoms with van der Waals surface area (Å²) in [5.74, 6) is 0.101. The molecule has 0 aliphatic rings. The fourth-order valence-corrected chi connectivity index (χ4v) is 4.64. The van der Waals surface area contributed by atoms with Crippen molar-refractivity contribution < 1.29 is 14.3 Å². The van der Waals surface area contributed by atoms with Crippen LogP contribution < -0.4 is 10.1 Å². The molecule has 3 aromatic carbocycles. The monoisotopic (exact) mass is 586 g/mol. The van der Waals surface area contributed by atoms with Gasteiger partial charge in [0.05, 0.1) is 4.47 Å². The van der Waals surface area contributed by atoms with Crippen molar-refractivity contribution >= 4 is 43.7 Å². The van der Waals surface area contributed by atoms with Crippen LogP contribution in [-0.2, 0) is 29.0 Å². The fraction of sp³-hybridized carbons (Fsp3) is 0.259. The Kier molecular flexibility index (Phi) is 9.72. The van der Waals surface area contributed by atoms with Crippen LogP contribution >= 0.6 is 31.9 Å². The smallest absolute Gasteiger partial charge is 0.261 e. The Morgan fingerprint density at radius 2 is 1.68 bits per heavy atom. The number of benzene rings is 3. The Balaban J connectivity index is 1.87. The topological polar surface area (TPSA) is 58.6 Å². The normalized spacial score (nSPS) is 11.5. The van der Waals surface area contributed by atoms with Gasteiger partial charge in [-0.2, -0.15) is 0 Å². The maximum absolute atomic E-state index is 13.5. The number of halogens is 2. The lowest BCUT2D eigenvalue weighted by Crippen LogP contribution is -2.51. The van der Waals surface area contributed by atoms with Gasteiger partial charge >= 0.3 is 0 Å². The molecule has 7 heteroatoms. The molecule has 0 radical (unpaired) electrons. The van der Waals surface area contributed by atoms with Gasteiger partial charge in [-0.25, -0.2) is 0 Å². The minimum Gasteiger partial charge on any atom is -0.483 e. The number of rotatable bonds is 10. The van der Waals surface area contributed by atoms with Crippen molar-refractivity contribution in [1.29, 1.82) is 0 Å². The van der Waals surface area contributed by atoms with Crippen LogP contribution in [-0.4, -0.2) is 36.4 Å². The van der Waals surface area contributed by atoms with Gasteiger partial charge in [-0.15, -0.1) is 0 Å². The van der Waals surface area contributed by atoms with Gasteiger partial charge in [-0.05, 0) is 63.3 Å². The molecule has 34 heavy (non-hydrogen) atoms. The molecule has 0 saturated carbocycles. The van der Waals surface area contributed by atoms with Gasteiger partial charge in [0, 0.05) is 24.5 Å². The lowest BCUT2D eigenvalue weighted by atomic mass is 10.0. The van der Waals surface area contributed by atoms with Gasteiger partial charge in [-0.1, -0.05) is 71.4 Å². The molecule has 0 spiro atoms. The summed E-state index contributed by atoms with van der Waals surface area (Å²) in [5.41, 5.74) is 3.06. The van der Waals surface area contributed by atoms with Crippen molar-refractivity contribution in [3.05, 3.63) is 98.4 Å². The standard InChI is InChI=1S/C27H28Br2N2O3/c1-3-19-12-13-25(23(29)15-19)34-18-26(32)31(17-21-10-7-11-22(28)14-21)24(27(33)30-2)16-20-8-5-4-6-9-20/h4-15,24H,3,16-18H2,1-2H3,(H,30,33)/t24-/m1/s1. The molecule has 0 aliphatic heterocycles. The number of nitrogens with one attached hydrogen (secondary N) is 1. The molecule has 3 rings (SSSR count). The summed E-state index contributed by atoms with van der Waals surface area (Å²) in [6.07, 6.45) is 1.31. The van der Waals surface area contributed by atoms with Crippen LogP contribution in [0.25, 0.3) is 0 Å². The quantitative estimate of drug-likeness (QED) is 0.339. The summed E-state index contributed by atoms with van der Waals surface area (Å²) in [5, 5.41) is 2.72. The molecule has 178 valence electrons. The van der Waals surface area contributed by atoms with Crippen LogP contribution in [0.4, 0.5) is 0 Å². The summed E-state index contributed by atoms with van der Waals surface area (Å²) in [4.78, 5) is 28.0. The molecule has 0 heterocycles. The molecule has 1 N–H and O–H groups in total. The molecule has 0 unspecified atom stereocenters. The lowest BCUT2D eigenvalue weighted by Gasteiger charge is -2.31. The average Bonchev–Trinajstić information content (AvgIpc) is 2.85. The Morgan fingerprint density at radius 3 is 2.32 bits per heavy atom. The van der Waals surface area contributed by atoms with Gasteiger partial charge in [0.1, 0.15) is 11.8 Å². The number of hydrogen-bond acceptors (Lipinski definition) is 3. The Morgan fingerprint density at radius 1 is 0.941 bits per heavy atom. The first-order chi connectivity index (χ1) is 16.4. The van der Waals surface area contributed by atoms with E-state index in [4.69, 9.17) is 4.74 Å². The number of carbonyl (C=O) groups excluding carboxylic acids is 2. The predicted molar refractivity (Wildman–Crippen MR) is 142 cm³/mol. The highest BCUT2D eigenvalue weighted by Gasteiger charge is 2.30. The number of carbonyl (C=O) groups is 2. The number of hydrogen-bond donors (Lipinski definition) is 1. The SMILES string of the molecule is CCc1ccc(OCC(=O)N(Cc2cccc(Br)c2)[C@H](Cc2ccccc2)C(=O)NC)c(Br)c1. The van der Waals surface area contributed by atoms with Gasteiger partial charge in [0.15, 0.2) is 6.61 Å². The van der Waals surface area contributed by atoms with E-state index in [1.807, 2.05) is 72.8 Å². The third-order valence-electron chi connectivity index (χ3n) is 5.52.